The Kier molecular flexibility index (Phi) is 6.89. The van der Waals surface area contributed by atoms with Crippen LogP contribution in [-0.2, 0) is 11.2 Å². The van der Waals surface area contributed by atoms with Crippen LogP contribution in [0, 0.1) is 13.8 Å². The van der Waals surface area contributed by atoms with Crippen LogP contribution in [0.3, 0.4) is 0 Å². The molecule has 0 bridgehead atoms. The minimum absolute atomic E-state index is 0.135. The quantitative estimate of drug-likeness (QED) is 0.786. The zero-order chi connectivity index (χ0) is 19.1. The van der Waals surface area contributed by atoms with E-state index in [1.54, 1.807) is 21.1 Å². The lowest BCUT2D eigenvalue weighted by molar-refractivity contribution is -0.127. The normalized spacial score (nSPS) is 11.6. The van der Waals surface area contributed by atoms with E-state index in [0.29, 0.717) is 30.2 Å². The molecule has 0 aliphatic carbocycles. The molecule has 0 fully saturated rings. The summed E-state index contributed by atoms with van der Waals surface area (Å²) in [6.45, 7) is 6.29. The lowest BCUT2D eigenvalue weighted by Crippen LogP contribution is -2.37. The lowest BCUT2D eigenvalue weighted by Gasteiger charge is -2.16. The van der Waals surface area contributed by atoms with Crippen molar-refractivity contribution in [3.8, 4) is 17.2 Å². The van der Waals surface area contributed by atoms with E-state index in [-0.39, 0.29) is 5.91 Å². The summed E-state index contributed by atoms with van der Waals surface area (Å²) in [6, 6.07) is 11.7. The molecule has 0 saturated heterocycles. The van der Waals surface area contributed by atoms with E-state index in [2.05, 4.69) is 11.4 Å². The molecule has 0 heterocycles. The Bertz CT molecular complexity index is 737. The molecule has 5 heteroatoms. The molecule has 26 heavy (non-hydrogen) atoms. The van der Waals surface area contributed by atoms with Crippen LogP contribution in [0.4, 0.5) is 0 Å². The van der Waals surface area contributed by atoms with Gasteiger partial charge in [-0.2, -0.15) is 0 Å². The van der Waals surface area contributed by atoms with Crippen LogP contribution in [0.25, 0.3) is 0 Å². The van der Waals surface area contributed by atoms with Gasteiger partial charge in [-0.1, -0.05) is 12.1 Å². The highest BCUT2D eigenvalue weighted by molar-refractivity contribution is 5.80. The Hall–Kier alpha value is -2.69. The number of hydrogen-bond donors (Lipinski definition) is 1. The van der Waals surface area contributed by atoms with Crippen molar-refractivity contribution in [3.05, 3.63) is 53.1 Å². The molecule has 1 atom stereocenters. The Labute approximate surface area is 155 Å². The Morgan fingerprint density at radius 2 is 1.65 bits per heavy atom. The van der Waals surface area contributed by atoms with Gasteiger partial charge in [0.25, 0.3) is 5.91 Å². The van der Waals surface area contributed by atoms with Gasteiger partial charge in [-0.15, -0.1) is 0 Å². The number of ether oxygens (including phenoxy) is 3. The number of nitrogens with one attached hydrogen (secondary N) is 1. The summed E-state index contributed by atoms with van der Waals surface area (Å²) in [4.78, 5) is 12.3. The Morgan fingerprint density at radius 3 is 2.27 bits per heavy atom. The van der Waals surface area contributed by atoms with Gasteiger partial charge in [0.2, 0.25) is 0 Å². The maximum Gasteiger partial charge on any atom is 0.260 e. The molecule has 2 aromatic carbocycles. The number of hydrogen-bond acceptors (Lipinski definition) is 4. The first-order valence-electron chi connectivity index (χ1n) is 8.66. The number of amides is 1. The number of benzene rings is 2. The van der Waals surface area contributed by atoms with Crippen molar-refractivity contribution in [3.63, 3.8) is 0 Å². The molecule has 0 spiro atoms. The summed E-state index contributed by atoms with van der Waals surface area (Å²) in [5.41, 5.74) is 3.29. The van der Waals surface area contributed by atoms with E-state index in [0.717, 1.165) is 16.7 Å². The van der Waals surface area contributed by atoms with E-state index >= 15 is 0 Å². The summed E-state index contributed by atoms with van der Waals surface area (Å²) in [7, 11) is 3.21. The molecule has 140 valence electrons. The molecule has 2 aromatic rings. The Morgan fingerprint density at radius 1 is 1.00 bits per heavy atom. The van der Waals surface area contributed by atoms with Gasteiger partial charge in [0.15, 0.2) is 17.6 Å². The molecular formula is C21H27NO4. The third-order valence-corrected chi connectivity index (χ3v) is 4.04. The van der Waals surface area contributed by atoms with Crippen LogP contribution in [0.15, 0.2) is 36.4 Å². The molecule has 2 rings (SSSR count). The molecule has 1 N–H and O–H groups in total. The van der Waals surface area contributed by atoms with Crippen molar-refractivity contribution < 1.29 is 19.0 Å². The van der Waals surface area contributed by atoms with Crippen molar-refractivity contribution >= 4 is 5.91 Å². The van der Waals surface area contributed by atoms with Gasteiger partial charge in [0, 0.05) is 6.54 Å². The SMILES string of the molecule is COc1ccc(CCNC(=O)[C@@H](C)Oc2cc(C)cc(C)c2)cc1OC. The van der Waals surface area contributed by atoms with Crippen molar-refractivity contribution in [2.45, 2.75) is 33.3 Å². The van der Waals surface area contributed by atoms with E-state index in [1.165, 1.54) is 0 Å². The lowest BCUT2D eigenvalue weighted by atomic mass is 10.1. The van der Waals surface area contributed by atoms with Crippen LogP contribution in [0.2, 0.25) is 0 Å². The molecule has 0 aliphatic heterocycles. The fourth-order valence-corrected chi connectivity index (χ4v) is 2.77. The van der Waals surface area contributed by atoms with Gasteiger partial charge in [-0.05, 0) is 68.1 Å². The number of rotatable bonds is 8. The summed E-state index contributed by atoms with van der Waals surface area (Å²) in [6.07, 6.45) is 0.143. The first-order chi connectivity index (χ1) is 12.4. The smallest absolute Gasteiger partial charge is 0.260 e. The van der Waals surface area contributed by atoms with Crippen LogP contribution < -0.4 is 19.5 Å². The first kappa shape index (κ1) is 19.6. The van der Waals surface area contributed by atoms with Crippen molar-refractivity contribution in [2.75, 3.05) is 20.8 Å². The zero-order valence-electron chi connectivity index (χ0n) is 16.1. The predicted octanol–water partition coefficient (Wildman–Crippen LogP) is 3.45. The minimum Gasteiger partial charge on any atom is -0.493 e. The topological polar surface area (TPSA) is 56.8 Å². The highest BCUT2D eigenvalue weighted by Gasteiger charge is 2.14. The van der Waals surface area contributed by atoms with Crippen LogP contribution in [-0.4, -0.2) is 32.8 Å². The van der Waals surface area contributed by atoms with Crippen LogP contribution in [0.5, 0.6) is 17.2 Å². The number of methoxy groups -OCH3 is 2. The molecular weight excluding hydrogens is 330 g/mol. The third kappa shape index (κ3) is 5.41. The van der Waals surface area contributed by atoms with Crippen LogP contribution in [0.1, 0.15) is 23.6 Å². The third-order valence-electron chi connectivity index (χ3n) is 4.04. The van der Waals surface area contributed by atoms with E-state index < -0.39 is 6.10 Å². The summed E-state index contributed by atoms with van der Waals surface area (Å²) in [5, 5.41) is 2.91. The van der Waals surface area contributed by atoms with Crippen LogP contribution >= 0.6 is 0 Å². The monoisotopic (exact) mass is 357 g/mol. The average molecular weight is 357 g/mol. The molecule has 0 aromatic heterocycles. The minimum atomic E-state index is -0.554. The maximum atomic E-state index is 12.3. The van der Waals surface area contributed by atoms with Crippen molar-refractivity contribution in [1.82, 2.24) is 5.32 Å². The van der Waals surface area contributed by atoms with Gasteiger partial charge in [0.1, 0.15) is 5.75 Å². The van der Waals surface area contributed by atoms with Gasteiger partial charge in [-0.25, -0.2) is 0 Å². The standard InChI is InChI=1S/C21H27NO4/c1-14-10-15(2)12-18(11-14)26-16(3)21(23)22-9-8-17-6-7-19(24-4)20(13-17)25-5/h6-7,10-13,16H,8-9H2,1-5H3,(H,22,23)/t16-/m1/s1. The molecule has 1 amide bonds. The second kappa shape index (κ2) is 9.13. The molecule has 0 saturated carbocycles. The fraction of sp³-hybridized carbons (Fsp3) is 0.381. The number of carbonyl (C=O) groups excluding carboxylic acids is 1. The highest BCUT2D eigenvalue weighted by Crippen LogP contribution is 2.27. The van der Waals surface area contributed by atoms with Gasteiger partial charge < -0.3 is 19.5 Å². The van der Waals surface area contributed by atoms with Crippen molar-refractivity contribution in [1.29, 1.82) is 0 Å². The predicted molar refractivity (Wildman–Crippen MR) is 102 cm³/mol. The summed E-state index contributed by atoms with van der Waals surface area (Å²) >= 11 is 0. The van der Waals surface area contributed by atoms with Gasteiger partial charge >= 0.3 is 0 Å². The van der Waals surface area contributed by atoms with Gasteiger partial charge in [0.05, 0.1) is 14.2 Å². The van der Waals surface area contributed by atoms with E-state index in [4.69, 9.17) is 14.2 Å². The molecule has 0 unspecified atom stereocenters. The Balaban J connectivity index is 1.86. The second-order valence-corrected chi connectivity index (χ2v) is 6.31. The maximum absolute atomic E-state index is 12.3. The molecule has 0 radical (unpaired) electrons. The number of carbonyl (C=O) groups is 1. The van der Waals surface area contributed by atoms with Gasteiger partial charge in [-0.3, -0.25) is 4.79 Å². The fourth-order valence-electron chi connectivity index (χ4n) is 2.77. The second-order valence-electron chi connectivity index (χ2n) is 6.31. The highest BCUT2D eigenvalue weighted by atomic mass is 16.5. The van der Waals surface area contributed by atoms with Crippen molar-refractivity contribution in [2.24, 2.45) is 0 Å². The summed E-state index contributed by atoms with van der Waals surface area (Å²) < 4.78 is 16.3. The average Bonchev–Trinajstić information content (AvgIpc) is 2.60. The number of aryl methyl sites for hydroxylation is 2. The van der Waals surface area contributed by atoms with E-state index in [9.17, 15) is 4.79 Å². The molecule has 0 aliphatic rings. The largest absolute Gasteiger partial charge is 0.493 e. The zero-order valence-corrected chi connectivity index (χ0v) is 16.1. The first-order valence-corrected chi connectivity index (χ1v) is 8.66. The summed E-state index contributed by atoms with van der Waals surface area (Å²) in [5.74, 6) is 1.95. The molecule has 5 nitrogen and oxygen atoms in total. The van der Waals surface area contributed by atoms with E-state index in [1.807, 2.05) is 44.2 Å².